The number of hydrogen-bond acceptors (Lipinski definition) is 4. The molecule has 1 fully saturated rings. The van der Waals surface area contributed by atoms with Crippen LogP contribution in [-0.4, -0.2) is 18.1 Å². The van der Waals surface area contributed by atoms with Crippen LogP contribution in [0, 0.1) is 0 Å². The first kappa shape index (κ1) is 10.6. The van der Waals surface area contributed by atoms with Crippen molar-refractivity contribution in [1.29, 1.82) is 0 Å². The maximum absolute atomic E-state index is 5.56. The molecule has 0 atom stereocenters. The van der Waals surface area contributed by atoms with Crippen LogP contribution in [0.5, 0.6) is 0 Å². The Bertz CT molecular complexity index is 258. The van der Waals surface area contributed by atoms with E-state index in [2.05, 4.69) is 9.88 Å². The van der Waals surface area contributed by atoms with Gasteiger partial charge in [-0.05, 0) is 19.3 Å². The fourth-order valence-corrected chi connectivity index (χ4v) is 2.28. The van der Waals surface area contributed by atoms with E-state index in [-0.39, 0.29) is 12.4 Å². The highest BCUT2D eigenvalue weighted by atomic mass is 35.5. The number of nitrogens with two attached hydrogens (primary N) is 1. The zero-order valence-corrected chi connectivity index (χ0v) is 9.03. The van der Waals surface area contributed by atoms with Gasteiger partial charge < -0.3 is 10.6 Å². The summed E-state index contributed by atoms with van der Waals surface area (Å²) in [6, 6.07) is 0. The van der Waals surface area contributed by atoms with Crippen molar-refractivity contribution in [3.05, 3.63) is 5.38 Å². The second-order valence-electron chi connectivity index (χ2n) is 3.10. The molecule has 0 radical (unpaired) electrons. The Morgan fingerprint density at radius 1 is 1.31 bits per heavy atom. The SMILES string of the molecule is Cl.Nc1csc(N2CCCCC2)n1. The lowest BCUT2D eigenvalue weighted by Crippen LogP contribution is -2.29. The summed E-state index contributed by atoms with van der Waals surface area (Å²) in [6.07, 6.45) is 3.94. The molecule has 1 aliphatic heterocycles. The molecule has 5 heteroatoms. The van der Waals surface area contributed by atoms with Crippen molar-refractivity contribution in [1.82, 2.24) is 4.98 Å². The maximum atomic E-state index is 5.56. The molecule has 74 valence electrons. The van der Waals surface area contributed by atoms with Gasteiger partial charge in [-0.3, -0.25) is 0 Å². The number of thiazole rings is 1. The van der Waals surface area contributed by atoms with Crippen LogP contribution in [0.4, 0.5) is 10.9 Å². The van der Waals surface area contributed by atoms with Crippen LogP contribution >= 0.6 is 23.7 Å². The van der Waals surface area contributed by atoms with Crippen LogP contribution < -0.4 is 10.6 Å². The molecule has 1 aromatic rings. The zero-order chi connectivity index (χ0) is 8.39. The lowest BCUT2D eigenvalue weighted by molar-refractivity contribution is 0.577. The van der Waals surface area contributed by atoms with Crippen molar-refractivity contribution < 1.29 is 0 Å². The first-order chi connectivity index (χ1) is 5.86. The molecule has 0 amide bonds. The summed E-state index contributed by atoms with van der Waals surface area (Å²) < 4.78 is 0. The zero-order valence-electron chi connectivity index (χ0n) is 7.40. The Morgan fingerprint density at radius 3 is 2.54 bits per heavy atom. The van der Waals surface area contributed by atoms with Crippen LogP contribution in [0.25, 0.3) is 0 Å². The molecule has 0 saturated carbocycles. The third-order valence-corrected chi connectivity index (χ3v) is 3.06. The van der Waals surface area contributed by atoms with Crippen LogP contribution in [-0.2, 0) is 0 Å². The van der Waals surface area contributed by atoms with Crippen LogP contribution in [0.1, 0.15) is 19.3 Å². The van der Waals surface area contributed by atoms with E-state index < -0.39 is 0 Å². The first-order valence-corrected chi connectivity index (χ1v) is 5.20. The van der Waals surface area contributed by atoms with Crippen LogP contribution in [0.3, 0.4) is 0 Å². The Morgan fingerprint density at radius 2 is 2.00 bits per heavy atom. The molecule has 0 bridgehead atoms. The predicted molar refractivity (Wildman–Crippen MR) is 59.8 cm³/mol. The molecule has 1 saturated heterocycles. The summed E-state index contributed by atoms with van der Waals surface area (Å²) in [7, 11) is 0. The average Bonchev–Trinajstić information content (AvgIpc) is 2.54. The number of anilines is 2. The van der Waals surface area contributed by atoms with E-state index >= 15 is 0 Å². The van der Waals surface area contributed by atoms with Gasteiger partial charge in [0.05, 0.1) is 0 Å². The minimum Gasteiger partial charge on any atom is -0.383 e. The molecule has 13 heavy (non-hydrogen) atoms. The summed E-state index contributed by atoms with van der Waals surface area (Å²) in [6.45, 7) is 2.29. The van der Waals surface area contributed by atoms with E-state index in [1.165, 1.54) is 19.3 Å². The summed E-state index contributed by atoms with van der Waals surface area (Å²) >= 11 is 1.65. The topological polar surface area (TPSA) is 42.1 Å². The highest BCUT2D eigenvalue weighted by Gasteiger charge is 2.13. The van der Waals surface area contributed by atoms with Gasteiger partial charge in [0, 0.05) is 18.5 Å². The van der Waals surface area contributed by atoms with Gasteiger partial charge in [0.25, 0.3) is 0 Å². The predicted octanol–water partition coefficient (Wildman–Crippen LogP) is 2.14. The quantitative estimate of drug-likeness (QED) is 0.787. The van der Waals surface area contributed by atoms with E-state index in [0.29, 0.717) is 5.82 Å². The normalized spacial score (nSPS) is 16.8. The standard InChI is InChI=1S/C8H13N3S.ClH/c9-7-6-12-8(10-7)11-4-2-1-3-5-11;/h6H,1-5,9H2;1H. The average molecular weight is 220 g/mol. The minimum absolute atomic E-state index is 0. The second kappa shape index (κ2) is 4.67. The van der Waals surface area contributed by atoms with Gasteiger partial charge in [-0.25, -0.2) is 4.98 Å². The van der Waals surface area contributed by atoms with Gasteiger partial charge in [0.15, 0.2) is 5.13 Å². The Balaban J connectivity index is 0.000000845. The van der Waals surface area contributed by atoms with E-state index in [4.69, 9.17) is 5.73 Å². The minimum atomic E-state index is 0. The third kappa shape index (κ3) is 2.48. The monoisotopic (exact) mass is 219 g/mol. The number of rotatable bonds is 1. The van der Waals surface area contributed by atoms with Gasteiger partial charge in [-0.15, -0.1) is 23.7 Å². The van der Waals surface area contributed by atoms with Gasteiger partial charge in [0.2, 0.25) is 0 Å². The fourth-order valence-electron chi connectivity index (χ4n) is 1.51. The number of halogens is 1. The van der Waals surface area contributed by atoms with E-state index in [1.54, 1.807) is 11.3 Å². The Hall–Kier alpha value is -0.480. The van der Waals surface area contributed by atoms with Crippen molar-refractivity contribution in [2.24, 2.45) is 0 Å². The summed E-state index contributed by atoms with van der Waals surface area (Å²) in [4.78, 5) is 6.58. The number of nitrogens with zero attached hydrogens (tertiary/aromatic N) is 2. The third-order valence-electron chi connectivity index (χ3n) is 2.14. The molecule has 0 spiro atoms. The van der Waals surface area contributed by atoms with E-state index in [1.807, 2.05) is 5.38 Å². The molecule has 0 aromatic carbocycles. The maximum Gasteiger partial charge on any atom is 0.187 e. The van der Waals surface area contributed by atoms with Crippen molar-refractivity contribution in [3.8, 4) is 0 Å². The molecular formula is C8H14ClN3S. The largest absolute Gasteiger partial charge is 0.383 e. The summed E-state index contributed by atoms with van der Waals surface area (Å²) in [5.41, 5.74) is 5.56. The Kier molecular flexibility index (Phi) is 3.81. The number of nitrogen functional groups attached to an aromatic ring is 1. The second-order valence-corrected chi connectivity index (χ2v) is 3.94. The summed E-state index contributed by atoms with van der Waals surface area (Å²) in [5.74, 6) is 0.653. The molecular weight excluding hydrogens is 206 g/mol. The molecule has 1 aliphatic rings. The van der Waals surface area contributed by atoms with Gasteiger partial charge in [0.1, 0.15) is 5.82 Å². The highest BCUT2D eigenvalue weighted by Crippen LogP contribution is 2.24. The van der Waals surface area contributed by atoms with Gasteiger partial charge >= 0.3 is 0 Å². The van der Waals surface area contributed by atoms with Gasteiger partial charge in [-0.2, -0.15) is 0 Å². The van der Waals surface area contributed by atoms with E-state index in [9.17, 15) is 0 Å². The lowest BCUT2D eigenvalue weighted by Gasteiger charge is -2.25. The van der Waals surface area contributed by atoms with Crippen molar-refractivity contribution in [2.45, 2.75) is 19.3 Å². The molecule has 0 aliphatic carbocycles. The number of hydrogen-bond donors (Lipinski definition) is 1. The van der Waals surface area contributed by atoms with Crippen molar-refractivity contribution in [3.63, 3.8) is 0 Å². The molecule has 3 nitrogen and oxygen atoms in total. The molecule has 1 aromatic heterocycles. The number of piperidine rings is 1. The smallest absolute Gasteiger partial charge is 0.187 e. The lowest BCUT2D eigenvalue weighted by atomic mass is 10.1. The summed E-state index contributed by atoms with van der Waals surface area (Å²) in [5, 5.41) is 3.00. The molecule has 2 rings (SSSR count). The van der Waals surface area contributed by atoms with Gasteiger partial charge in [-0.1, -0.05) is 0 Å². The molecule has 2 heterocycles. The van der Waals surface area contributed by atoms with Crippen molar-refractivity contribution in [2.75, 3.05) is 23.7 Å². The van der Waals surface area contributed by atoms with E-state index in [0.717, 1.165) is 18.2 Å². The number of aromatic nitrogens is 1. The highest BCUT2D eigenvalue weighted by molar-refractivity contribution is 7.14. The fraction of sp³-hybridized carbons (Fsp3) is 0.625. The van der Waals surface area contributed by atoms with Crippen LogP contribution in [0.15, 0.2) is 5.38 Å². The first-order valence-electron chi connectivity index (χ1n) is 4.32. The molecule has 0 unspecified atom stereocenters. The van der Waals surface area contributed by atoms with Crippen LogP contribution in [0.2, 0.25) is 0 Å². The Labute approximate surface area is 88.4 Å². The van der Waals surface area contributed by atoms with Crippen molar-refractivity contribution >= 4 is 34.7 Å². The molecule has 2 N–H and O–H groups in total.